The van der Waals surface area contributed by atoms with Gasteiger partial charge in [-0.25, -0.2) is 4.79 Å². The van der Waals surface area contributed by atoms with E-state index in [0.29, 0.717) is 0 Å². The van der Waals surface area contributed by atoms with E-state index < -0.39 is 10.9 Å². The summed E-state index contributed by atoms with van der Waals surface area (Å²) in [4.78, 5) is 21.3. The normalized spacial score (nSPS) is 9.73. The summed E-state index contributed by atoms with van der Waals surface area (Å²) < 4.78 is 4.74. The van der Waals surface area contributed by atoms with Gasteiger partial charge in [0.25, 0.3) is 5.69 Å². The first kappa shape index (κ1) is 11.5. The molecule has 0 heterocycles. The summed E-state index contributed by atoms with van der Waals surface area (Å²) in [6, 6.07) is 3.89. The van der Waals surface area contributed by atoms with Crippen LogP contribution in [0.2, 0.25) is 0 Å². The molecule has 1 aromatic carbocycles. The molecule has 0 fully saturated rings. The Bertz CT molecular complexity index is 405. The van der Waals surface area contributed by atoms with Crippen molar-refractivity contribution in [3.8, 4) is 0 Å². The van der Waals surface area contributed by atoms with Gasteiger partial charge >= 0.3 is 5.97 Å². The van der Waals surface area contributed by atoms with E-state index in [9.17, 15) is 14.9 Å². The lowest BCUT2D eigenvalue weighted by atomic mass is 10.2. The first-order valence-electron chi connectivity index (χ1n) is 4.20. The third-order valence-electron chi connectivity index (χ3n) is 1.68. The molecule has 5 nitrogen and oxygen atoms in total. The minimum atomic E-state index is -0.558. The molecule has 0 aliphatic rings. The van der Waals surface area contributed by atoms with Gasteiger partial charge in [-0.1, -0.05) is 0 Å². The van der Waals surface area contributed by atoms with Crippen molar-refractivity contribution < 1.29 is 14.5 Å². The monoisotopic (exact) mass is 227 g/mol. The van der Waals surface area contributed by atoms with Gasteiger partial charge in [0.1, 0.15) is 0 Å². The molecule has 0 aliphatic carbocycles. The van der Waals surface area contributed by atoms with E-state index in [1.807, 2.05) is 0 Å². The van der Waals surface area contributed by atoms with Gasteiger partial charge in [0.2, 0.25) is 0 Å². The van der Waals surface area contributed by atoms with Crippen molar-refractivity contribution in [2.75, 3.05) is 6.61 Å². The van der Waals surface area contributed by atoms with E-state index in [-0.39, 0.29) is 22.8 Å². The SMILES string of the molecule is CCOC(=O)c1ccc([N+](=O)[O-])c(S)c1. The van der Waals surface area contributed by atoms with Gasteiger partial charge in [-0.2, -0.15) is 0 Å². The standard InChI is InChI=1S/C9H9NO4S/c1-2-14-9(11)6-3-4-7(10(12)13)8(15)5-6/h3-5,15H,2H2,1H3. The molecule has 80 valence electrons. The zero-order chi connectivity index (χ0) is 11.4. The Morgan fingerprint density at radius 3 is 2.73 bits per heavy atom. The Morgan fingerprint density at radius 2 is 2.27 bits per heavy atom. The van der Waals surface area contributed by atoms with E-state index in [1.165, 1.54) is 18.2 Å². The van der Waals surface area contributed by atoms with Crippen LogP contribution >= 0.6 is 12.6 Å². The summed E-state index contributed by atoms with van der Waals surface area (Å²) >= 11 is 3.92. The van der Waals surface area contributed by atoms with Crippen LogP contribution in [0.1, 0.15) is 17.3 Å². The van der Waals surface area contributed by atoms with Crippen LogP contribution in [-0.4, -0.2) is 17.5 Å². The molecule has 0 unspecified atom stereocenters. The van der Waals surface area contributed by atoms with Crippen molar-refractivity contribution in [1.29, 1.82) is 0 Å². The Hall–Kier alpha value is -1.56. The number of thiol groups is 1. The summed E-state index contributed by atoms with van der Waals surface area (Å²) in [5, 5.41) is 10.5. The van der Waals surface area contributed by atoms with Crippen molar-refractivity contribution in [1.82, 2.24) is 0 Å². The number of nitrogens with zero attached hydrogens (tertiary/aromatic N) is 1. The average Bonchev–Trinajstić information content (AvgIpc) is 2.17. The van der Waals surface area contributed by atoms with E-state index in [0.717, 1.165) is 0 Å². The predicted octanol–water partition coefficient (Wildman–Crippen LogP) is 2.06. The fourth-order valence-corrected chi connectivity index (χ4v) is 1.31. The summed E-state index contributed by atoms with van der Waals surface area (Å²) in [7, 11) is 0. The second kappa shape index (κ2) is 4.79. The van der Waals surface area contributed by atoms with Crippen molar-refractivity contribution >= 4 is 24.3 Å². The number of carbonyl (C=O) groups is 1. The van der Waals surface area contributed by atoms with Crippen molar-refractivity contribution in [3.05, 3.63) is 33.9 Å². The minimum absolute atomic E-state index is 0.133. The Labute approximate surface area is 91.6 Å². The topological polar surface area (TPSA) is 69.4 Å². The molecule has 0 saturated carbocycles. The second-order valence-electron chi connectivity index (χ2n) is 2.68. The molecule has 15 heavy (non-hydrogen) atoms. The molecular formula is C9H9NO4S. The maximum absolute atomic E-state index is 11.3. The van der Waals surface area contributed by atoms with Crippen LogP contribution in [0.15, 0.2) is 23.1 Å². The molecule has 0 N–H and O–H groups in total. The summed E-state index contributed by atoms with van der Waals surface area (Å²) in [5.41, 5.74) is 0.124. The highest BCUT2D eigenvalue weighted by Gasteiger charge is 2.14. The molecule has 6 heteroatoms. The van der Waals surface area contributed by atoms with Gasteiger partial charge in [-0.3, -0.25) is 10.1 Å². The lowest BCUT2D eigenvalue weighted by molar-refractivity contribution is -0.387. The first-order valence-corrected chi connectivity index (χ1v) is 4.65. The number of esters is 1. The van der Waals surface area contributed by atoms with E-state index in [2.05, 4.69) is 12.6 Å². The lowest BCUT2D eigenvalue weighted by Gasteiger charge is -2.02. The van der Waals surface area contributed by atoms with Gasteiger partial charge in [0.05, 0.1) is 22.0 Å². The average molecular weight is 227 g/mol. The molecule has 0 atom stereocenters. The third-order valence-corrected chi connectivity index (χ3v) is 2.04. The first-order chi connectivity index (χ1) is 7.06. The molecular weight excluding hydrogens is 218 g/mol. The smallest absolute Gasteiger partial charge is 0.338 e. The van der Waals surface area contributed by atoms with E-state index in [4.69, 9.17) is 4.74 Å². The minimum Gasteiger partial charge on any atom is -0.462 e. The molecule has 0 aliphatic heterocycles. The fraction of sp³-hybridized carbons (Fsp3) is 0.222. The van der Waals surface area contributed by atoms with Gasteiger partial charge in [0.15, 0.2) is 0 Å². The van der Waals surface area contributed by atoms with Gasteiger partial charge < -0.3 is 4.74 Å². The maximum Gasteiger partial charge on any atom is 0.338 e. The summed E-state index contributed by atoms with van der Waals surface area (Å²) in [6.45, 7) is 1.95. The number of carbonyl (C=O) groups excluding carboxylic acids is 1. The summed E-state index contributed by atoms with van der Waals surface area (Å²) in [5.74, 6) is -0.511. The number of nitro benzene ring substituents is 1. The Balaban J connectivity index is 3.01. The van der Waals surface area contributed by atoms with Crippen molar-refractivity contribution in [2.45, 2.75) is 11.8 Å². The van der Waals surface area contributed by atoms with Crippen molar-refractivity contribution in [2.24, 2.45) is 0 Å². The van der Waals surface area contributed by atoms with Crippen LogP contribution in [0.25, 0.3) is 0 Å². The molecule has 1 rings (SSSR count). The molecule has 0 amide bonds. The zero-order valence-corrected chi connectivity index (χ0v) is 8.86. The number of benzene rings is 1. The second-order valence-corrected chi connectivity index (χ2v) is 3.16. The number of nitro groups is 1. The summed E-state index contributed by atoms with van der Waals surface area (Å²) in [6.07, 6.45) is 0. The van der Waals surface area contributed by atoms with Crippen LogP contribution in [0, 0.1) is 10.1 Å². The highest BCUT2D eigenvalue weighted by molar-refractivity contribution is 7.80. The highest BCUT2D eigenvalue weighted by atomic mass is 32.1. The zero-order valence-electron chi connectivity index (χ0n) is 7.97. The van der Waals surface area contributed by atoms with Gasteiger partial charge in [0, 0.05) is 6.07 Å². The third kappa shape index (κ3) is 2.69. The van der Waals surface area contributed by atoms with Gasteiger partial charge in [-0.05, 0) is 19.1 Å². The highest BCUT2D eigenvalue weighted by Crippen LogP contribution is 2.23. The van der Waals surface area contributed by atoms with Crippen LogP contribution in [0.5, 0.6) is 0 Å². The number of hydrogen-bond acceptors (Lipinski definition) is 5. The predicted molar refractivity (Wildman–Crippen MR) is 56.3 cm³/mol. The molecule has 0 radical (unpaired) electrons. The van der Waals surface area contributed by atoms with Crippen LogP contribution in [0.4, 0.5) is 5.69 Å². The number of rotatable bonds is 3. The van der Waals surface area contributed by atoms with Crippen LogP contribution in [-0.2, 0) is 4.74 Å². The Morgan fingerprint density at radius 1 is 1.60 bits per heavy atom. The Kier molecular flexibility index (Phi) is 3.68. The number of hydrogen-bond donors (Lipinski definition) is 1. The maximum atomic E-state index is 11.3. The largest absolute Gasteiger partial charge is 0.462 e. The number of ether oxygens (including phenoxy) is 1. The molecule has 1 aromatic rings. The van der Waals surface area contributed by atoms with Gasteiger partial charge in [-0.15, -0.1) is 12.6 Å². The fourth-order valence-electron chi connectivity index (χ4n) is 1.02. The lowest BCUT2D eigenvalue weighted by Crippen LogP contribution is -2.04. The molecule has 0 saturated heterocycles. The van der Waals surface area contributed by atoms with Crippen LogP contribution < -0.4 is 0 Å². The molecule has 0 bridgehead atoms. The molecule has 0 aromatic heterocycles. The van der Waals surface area contributed by atoms with E-state index >= 15 is 0 Å². The quantitative estimate of drug-likeness (QED) is 0.371. The van der Waals surface area contributed by atoms with Crippen molar-refractivity contribution in [3.63, 3.8) is 0 Å². The van der Waals surface area contributed by atoms with E-state index in [1.54, 1.807) is 6.92 Å². The van der Waals surface area contributed by atoms with Crippen LogP contribution in [0.3, 0.4) is 0 Å². The molecule has 0 spiro atoms.